The van der Waals surface area contributed by atoms with Crippen LogP contribution in [0, 0.1) is 0 Å². The fourth-order valence-electron chi connectivity index (χ4n) is 1.78. The van der Waals surface area contributed by atoms with Crippen LogP contribution in [0.5, 0.6) is 11.5 Å². The van der Waals surface area contributed by atoms with Crippen molar-refractivity contribution in [3.05, 3.63) is 29.8 Å². The van der Waals surface area contributed by atoms with E-state index < -0.39 is 24.0 Å². The van der Waals surface area contributed by atoms with Crippen LogP contribution in [0.3, 0.4) is 0 Å². The number of amides is 1. The third-order valence-corrected chi connectivity index (χ3v) is 2.87. The summed E-state index contributed by atoms with van der Waals surface area (Å²) in [6, 6.07) is 3.81. The molecule has 2 atom stereocenters. The highest BCUT2D eigenvalue weighted by atomic mass is 16.7. The predicted octanol–water partition coefficient (Wildman–Crippen LogP) is 0.379. The first-order chi connectivity index (χ1) is 9.97. The van der Waals surface area contributed by atoms with Crippen molar-refractivity contribution in [3.63, 3.8) is 0 Å². The highest BCUT2D eigenvalue weighted by molar-refractivity contribution is 5.94. The fourth-order valence-corrected chi connectivity index (χ4v) is 1.78. The Labute approximate surface area is 120 Å². The van der Waals surface area contributed by atoms with Gasteiger partial charge in [0.1, 0.15) is 0 Å². The van der Waals surface area contributed by atoms with E-state index in [0.717, 1.165) is 0 Å². The van der Waals surface area contributed by atoms with E-state index in [4.69, 9.17) is 14.6 Å². The average molecular weight is 293 g/mol. The van der Waals surface area contributed by atoms with Crippen LogP contribution in [0.25, 0.3) is 6.08 Å². The molecule has 112 valence electrons. The minimum Gasteiger partial charge on any atom is -0.480 e. The molecule has 0 radical (unpaired) electrons. The molecule has 1 aliphatic heterocycles. The monoisotopic (exact) mass is 293 g/mol. The molecule has 0 bridgehead atoms. The molecule has 0 spiro atoms. The van der Waals surface area contributed by atoms with Crippen LogP contribution in [0.1, 0.15) is 12.5 Å². The van der Waals surface area contributed by atoms with Gasteiger partial charge in [-0.3, -0.25) is 4.79 Å². The van der Waals surface area contributed by atoms with Crippen molar-refractivity contribution < 1.29 is 29.3 Å². The van der Waals surface area contributed by atoms with Crippen LogP contribution < -0.4 is 14.8 Å². The van der Waals surface area contributed by atoms with E-state index in [-0.39, 0.29) is 6.79 Å². The Bertz CT molecular complexity index is 581. The standard InChI is InChI=1S/C14H15NO6/c1-8(16)13(14(18)19)15-12(17)5-3-9-2-4-10-11(6-9)21-7-20-10/h2-6,8,13,16H,7H2,1H3,(H,15,17)(H,18,19)/b5-3+. The lowest BCUT2D eigenvalue weighted by Gasteiger charge is -2.15. The van der Waals surface area contributed by atoms with Crippen LogP contribution in [-0.2, 0) is 9.59 Å². The molecule has 1 amide bonds. The van der Waals surface area contributed by atoms with Gasteiger partial charge in [-0.1, -0.05) is 6.07 Å². The van der Waals surface area contributed by atoms with E-state index in [2.05, 4.69) is 5.32 Å². The maximum atomic E-state index is 11.6. The van der Waals surface area contributed by atoms with Gasteiger partial charge in [0.15, 0.2) is 17.5 Å². The molecule has 0 aliphatic carbocycles. The maximum Gasteiger partial charge on any atom is 0.328 e. The Balaban J connectivity index is 2.00. The zero-order valence-electron chi connectivity index (χ0n) is 11.3. The molecule has 2 rings (SSSR count). The number of ether oxygens (including phenoxy) is 2. The number of rotatable bonds is 5. The number of aliphatic carboxylic acids is 1. The van der Waals surface area contributed by atoms with Gasteiger partial charge in [0, 0.05) is 6.08 Å². The van der Waals surface area contributed by atoms with Gasteiger partial charge >= 0.3 is 5.97 Å². The molecule has 2 unspecified atom stereocenters. The second-order valence-corrected chi connectivity index (χ2v) is 4.51. The number of benzene rings is 1. The highest BCUT2D eigenvalue weighted by Gasteiger charge is 2.23. The molecule has 3 N–H and O–H groups in total. The first kappa shape index (κ1) is 14.9. The summed E-state index contributed by atoms with van der Waals surface area (Å²) in [5.74, 6) is -0.683. The molecule has 7 heteroatoms. The number of carboxylic acids is 1. The second kappa shape index (κ2) is 6.27. The molecular formula is C14H15NO6. The highest BCUT2D eigenvalue weighted by Crippen LogP contribution is 2.32. The van der Waals surface area contributed by atoms with E-state index in [1.54, 1.807) is 18.2 Å². The van der Waals surface area contributed by atoms with E-state index in [0.29, 0.717) is 17.1 Å². The summed E-state index contributed by atoms with van der Waals surface area (Å²) in [7, 11) is 0. The van der Waals surface area contributed by atoms with Gasteiger partial charge in [0.25, 0.3) is 0 Å². The summed E-state index contributed by atoms with van der Waals surface area (Å²) in [4.78, 5) is 22.5. The first-order valence-electron chi connectivity index (χ1n) is 6.26. The largest absolute Gasteiger partial charge is 0.480 e. The number of hydrogen-bond acceptors (Lipinski definition) is 5. The minimum absolute atomic E-state index is 0.164. The number of carbonyl (C=O) groups is 2. The van der Waals surface area contributed by atoms with Crippen molar-refractivity contribution in [1.29, 1.82) is 0 Å². The van der Waals surface area contributed by atoms with Crippen LogP contribution in [0.15, 0.2) is 24.3 Å². The molecule has 0 saturated heterocycles. The number of fused-ring (bicyclic) bond motifs is 1. The predicted molar refractivity (Wildman–Crippen MR) is 72.8 cm³/mol. The molecular weight excluding hydrogens is 278 g/mol. The molecule has 0 aromatic heterocycles. The summed E-state index contributed by atoms with van der Waals surface area (Å²) >= 11 is 0. The van der Waals surface area contributed by atoms with Gasteiger partial charge in [-0.05, 0) is 30.7 Å². The zero-order valence-corrected chi connectivity index (χ0v) is 11.3. The number of nitrogens with one attached hydrogen (secondary N) is 1. The third kappa shape index (κ3) is 3.73. The van der Waals surface area contributed by atoms with Crippen molar-refractivity contribution in [2.45, 2.75) is 19.1 Å². The van der Waals surface area contributed by atoms with Crippen LogP contribution in [0.2, 0.25) is 0 Å². The molecule has 1 aliphatic rings. The van der Waals surface area contributed by atoms with Crippen LogP contribution in [-0.4, -0.2) is 41.0 Å². The van der Waals surface area contributed by atoms with E-state index in [1.807, 2.05) is 0 Å². The normalized spacial score (nSPS) is 15.7. The summed E-state index contributed by atoms with van der Waals surface area (Å²) in [6.45, 7) is 1.46. The van der Waals surface area contributed by atoms with Crippen molar-refractivity contribution in [2.75, 3.05) is 6.79 Å². The molecule has 1 aromatic rings. The summed E-state index contributed by atoms with van der Waals surface area (Å²) in [5, 5.41) is 20.3. The molecule has 7 nitrogen and oxygen atoms in total. The van der Waals surface area contributed by atoms with Crippen molar-refractivity contribution in [2.24, 2.45) is 0 Å². The van der Waals surface area contributed by atoms with E-state index in [1.165, 1.54) is 19.1 Å². The van der Waals surface area contributed by atoms with Crippen molar-refractivity contribution in [1.82, 2.24) is 5.32 Å². The number of carboxylic acid groups (broad SMARTS) is 1. The Morgan fingerprint density at radius 1 is 1.33 bits per heavy atom. The third-order valence-electron chi connectivity index (χ3n) is 2.87. The molecule has 1 heterocycles. The second-order valence-electron chi connectivity index (χ2n) is 4.51. The molecule has 1 aromatic carbocycles. The number of hydrogen-bond donors (Lipinski definition) is 3. The zero-order chi connectivity index (χ0) is 15.4. The van der Waals surface area contributed by atoms with Crippen molar-refractivity contribution >= 4 is 18.0 Å². The van der Waals surface area contributed by atoms with Gasteiger partial charge in [-0.25, -0.2) is 4.79 Å². The first-order valence-corrected chi connectivity index (χ1v) is 6.26. The Hall–Kier alpha value is -2.54. The molecule has 0 saturated carbocycles. The van der Waals surface area contributed by atoms with Gasteiger partial charge < -0.3 is 25.0 Å². The maximum absolute atomic E-state index is 11.6. The summed E-state index contributed by atoms with van der Waals surface area (Å²) < 4.78 is 10.4. The van der Waals surface area contributed by atoms with Gasteiger partial charge in [-0.2, -0.15) is 0 Å². The van der Waals surface area contributed by atoms with Crippen LogP contribution in [0.4, 0.5) is 0 Å². The van der Waals surface area contributed by atoms with Gasteiger partial charge in [0.2, 0.25) is 12.7 Å². The lowest BCUT2D eigenvalue weighted by molar-refractivity contribution is -0.144. The molecule has 0 fully saturated rings. The Kier molecular flexibility index (Phi) is 4.44. The van der Waals surface area contributed by atoms with Gasteiger partial charge in [-0.15, -0.1) is 0 Å². The fraction of sp³-hybridized carbons (Fsp3) is 0.286. The van der Waals surface area contributed by atoms with Crippen molar-refractivity contribution in [3.8, 4) is 11.5 Å². The Morgan fingerprint density at radius 2 is 2.05 bits per heavy atom. The lowest BCUT2D eigenvalue weighted by Crippen LogP contribution is -2.47. The number of aliphatic hydroxyl groups excluding tert-OH is 1. The smallest absolute Gasteiger partial charge is 0.328 e. The van der Waals surface area contributed by atoms with Crippen LogP contribution >= 0.6 is 0 Å². The van der Waals surface area contributed by atoms with E-state index in [9.17, 15) is 14.7 Å². The Morgan fingerprint density at radius 3 is 2.71 bits per heavy atom. The number of aliphatic hydroxyl groups is 1. The lowest BCUT2D eigenvalue weighted by atomic mass is 10.1. The summed E-state index contributed by atoms with van der Waals surface area (Å²) in [6.07, 6.45) is 1.51. The summed E-state index contributed by atoms with van der Waals surface area (Å²) in [5.41, 5.74) is 0.707. The SMILES string of the molecule is CC(O)C(NC(=O)/C=C/c1ccc2c(c1)OCO2)C(=O)O. The molecule has 21 heavy (non-hydrogen) atoms. The topological polar surface area (TPSA) is 105 Å². The minimum atomic E-state index is -1.35. The quantitative estimate of drug-likeness (QED) is 0.678. The van der Waals surface area contributed by atoms with E-state index >= 15 is 0 Å². The van der Waals surface area contributed by atoms with Gasteiger partial charge in [0.05, 0.1) is 6.10 Å². The average Bonchev–Trinajstić information content (AvgIpc) is 2.89. The number of carbonyl (C=O) groups excluding carboxylic acids is 1.